The minimum atomic E-state index is -1.58. The Morgan fingerprint density at radius 3 is 2.28 bits per heavy atom. The maximum Gasteiger partial charge on any atom is 0.314 e. The minimum Gasteiger partial charge on any atom is -0.481 e. The van der Waals surface area contributed by atoms with Crippen molar-refractivity contribution in [2.75, 3.05) is 0 Å². The van der Waals surface area contributed by atoms with Gasteiger partial charge in [0.1, 0.15) is 17.5 Å². The summed E-state index contributed by atoms with van der Waals surface area (Å²) in [6.45, 7) is 0. The number of hydrogen-bond acceptors (Lipinski definition) is 1. The first kappa shape index (κ1) is 13.4. The van der Waals surface area contributed by atoms with Crippen molar-refractivity contribution >= 4 is 21.9 Å². The average Bonchev–Trinajstić information content (AvgIpc) is 2.76. The number of hydrogen-bond donors (Lipinski definition) is 1. The molecule has 1 saturated carbocycles. The molecule has 0 radical (unpaired) electrons. The van der Waals surface area contributed by atoms with Crippen LogP contribution >= 0.6 is 15.9 Å². The molecule has 1 fully saturated rings. The summed E-state index contributed by atoms with van der Waals surface area (Å²) in [5.74, 6) is -4.64. The SMILES string of the molecule is O=C(O)C1(c2c(F)cc(F)c(Br)c2F)CCCC1. The second kappa shape index (κ2) is 4.57. The Kier molecular flexibility index (Phi) is 3.40. The van der Waals surface area contributed by atoms with Crippen LogP contribution in [0.2, 0.25) is 0 Å². The molecule has 2 nitrogen and oxygen atoms in total. The topological polar surface area (TPSA) is 37.3 Å². The summed E-state index contributed by atoms with van der Waals surface area (Å²) in [6.07, 6.45) is 1.49. The van der Waals surface area contributed by atoms with Crippen LogP contribution in [0.3, 0.4) is 0 Å². The Morgan fingerprint density at radius 2 is 1.78 bits per heavy atom. The fourth-order valence-corrected chi connectivity index (χ4v) is 2.87. The molecule has 0 heterocycles. The highest BCUT2D eigenvalue weighted by Gasteiger charge is 2.47. The zero-order chi connectivity index (χ0) is 13.5. The van der Waals surface area contributed by atoms with Crippen LogP contribution in [0.25, 0.3) is 0 Å². The zero-order valence-corrected chi connectivity index (χ0v) is 10.9. The van der Waals surface area contributed by atoms with E-state index in [-0.39, 0.29) is 12.8 Å². The van der Waals surface area contributed by atoms with Crippen LogP contribution in [-0.2, 0) is 10.2 Å². The number of aliphatic carboxylic acids is 1. The van der Waals surface area contributed by atoms with E-state index in [1.807, 2.05) is 0 Å². The third kappa shape index (κ3) is 1.83. The third-order valence-corrected chi connectivity index (χ3v) is 4.19. The standard InChI is InChI=1S/C12H10BrF3O2/c13-9-7(15)5-6(14)8(10(9)16)12(11(17)18)3-1-2-4-12/h5H,1-4H2,(H,17,18). The molecule has 0 spiro atoms. The summed E-state index contributed by atoms with van der Waals surface area (Å²) < 4.78 is 40.4. The second-order valence-corrected chi connectivity index (χ2v) is 5.23. The van der Waals surface area contributed by atoms with E-state index in [2.05, 4.69) is 15.9 Å². The average molecular weight is 323 g/mol. The van der Waals surface area contributed by atoms with Crippen LogP contribution in [0.1, 0.15) is 31.2 Å². The first-order valence-corrected chi connectivity index (χ1v) is 6.26. The molecule has 0 bridgehead atoms. The van der Waals surface area contributed by atoms with Gasteiger partial charge >= 0.3 is 5.97 Å². The van der Waals surface area contributed by atoms with Gasteiger partial charge in [-0.25, -0.2) is 13.2 Å². The largest absolute Gasteiger partial charge is 0.481 e. The molecule has 0 amide bonds. The van der Waals surface area contributed by atoms with Crippen molar-refractivity contribution in [1.29, 1.82) is 0 Å². The maximum absolute atomic E-state index is 14.0. The van der Waals surface area contributed by atoms with Crippen molar-refractivity contribution < 1.29 is 23.1 Å². The lowest BCUT2D eigenvalue weighted by molar-refractivity contribution is -0.143. The van der Waals surface area contributed by atoms with Crippen LogP contribution in [0.5, 0.6) is 0 Å². The highest BCUT2D eigenvalue weighted by Crippen LogP contribution is 2.45. The smallest absolute Gasteiger partial charge is 0.314 e. The van der Waals surface area contributed by atoms with Crippen LogP contribution in [0, 0.1) is 17.5 Å². The van der Waals surface area contributed by atoms with Crippen molar-refractivity contribution in [2.45, 2.75) is 31.1 Å². The Hall–Kier alpha value is -1.04. The van der Waals surface area contributed by atoms with Gasteiger partial charge in [0.2, 0.25) is 0 Å². The number of carbonyl (C=O) groups is 1. The summed E-state index contributed by atoms with van der Waals surface area (Å²) >= 11 is 2.67. The molecule has 0 aliphatic heterocycles. The van der Waals surface area contributed by atoms with Crippen LogP contribution in [0.4, 0.5) is 13.2 Å². The van der Waals surface area contributed by atoms with Crippen molar-refractivity contribution in [3.8, 4) is 0 Å². The molecule has 1 aliphatic rings. The van der Waals surface area contributed by atoms with Gasteiger partial charge in [-0.15, -0.1) is 0 Å². The predicted octanol–water partition coefficient (Wildman–Crippen LogP) is 3.76. The Morgan fingerprint density at radius 1 is 1.22 bits per heavy atom. The van der Waals surface area contributed by atoms with E-state index >= 15 is 0 Å². The Balaban J connectivity index is 2.70. The number of benzene rings is 1. The summed E-state index contributed by atoms with van der Waals surface area (Å²) in [6, 6.07) is 0.519. The Labute approximate surface area is 110 Å². The van der Waals surface area contributed by atoms with E-state index in [0.29, 0.717) is 18.9 Å². The first-order chi connectivity index (χ1) is 8.40. The molecule has 0 unspecified atom stereocenters. The van der Waals surface area contributed by atoms with Gasteiger partial charge in [0.25, 0.3) is 0 Å². The molecule has 0 aromatic heterocycles. The molecular weight excluding hydrogens is 313 g/mol. The summed E-state index contributed by atoms with van der Waals surface area (Å²) in [4.78, 5) is 11.4. The van der Waals surface area contributed by atoms with E-state index in [0.717, 1.165) is 0 Å². The first-order valence-electron chi connectivity index (χ1n) is 5.47. The molecule has 0 saturated heterocycles. The molecule has 1 N–H and O–H groups in total. The molecule has 0 atom stereocenters. The van der Waals surface area contributed by atoms with Gasteiger partial charge < -0.3 is 5.11 Å². The van der Waals surface area contributed by atoms with E-state index in [4.69, 9.17) is 0 Å². The lowest BCUT2D eigenvalue weighted by Gasteiger charge is -2.25. The molecule has 1 aliphatic carbocycles. The Bertz CT molecular complexity index is 511. The number of rotatable bonds is 2. The molecule has 2 rings (SSSR count). The quantitative estimate of drug-likeness (QED) is 0.665. The number of carboxylic acids is 1. The van der Waals surface area contributed by atoms with Crippen LogP contribution in [0.15, 0.2) is 10.5 Å². The second-order valence-electron chi connectivity index (χ2n) is 4.44. The van der Waals surface area contributed by atoms with Gasteiger partial charge in [-0.1, -0.05) is 12.8 Å². The normalized spacial score (nSPS) is 18.0. The van der Waals surface area contributed by atoms with Gasteiger partial charge in [-0.3, -0.25) is 4.79 Å². The molecule has 1 aromatic carbocycles. The van der Waals surface area contributed by atoms with E-state index in [1.54, 1.807) is 0 Å². The van der Waals surface area contributed by atoms with Crippen molar-refractivity contribution in [1.82, 2.24) is 0 Å². The lowest BCUT2D eigenvalue weighted by atomic mass is 9.78. The van der Waals surface area contributed by atoms with E-state index in [9.17, 15) is 23.1 Å². The third-order valence-electron chi connectivity index (χ3n) is 3.46. The summed E-state index contributed by atoms with van der Waals surface area (Å²) in [5.41, 5.74) is -2.12. The van der Waals surface area contributed by atoms with Gasteiger partial charge in [0, 0.05) is 11.6 Å². The zero-order valence-electron chi connectivity index (χ0n) is 9.27. The maximum atomic E-state index is 14.0. The van der Waals surface area contributed by atoms with E-state index < -0.39 is 38.9 Å². The van der Waals surface area contributed by atoms with Crippen LogP contribution < -0.4 is 0 Å². The minimum absolute atomic E-state index is 0.161. The van der Waals surface area contributed by atoms with Gasteiger partial charge in [0.15, 0.2) is 0 Å². The van der Waals surface area contributed by atoms with Crippen molar-refractivity contribution in [3.63, 3.8) is 0 Å². The molecule has 98 valence electrons. The van der Waals surface area contributed by atoms with Crippen molar-refractivity contribution in [2.24, 2.45) is 0 Å². The highest BCUT2D eigenvalue weighted by atomic mass is 79.9. The van der Waals surface area contributed by atoms with Crippen LogP contribution in [-0.4, -0.2) is 11.1 Å². The summed E-state index contributed by atoms with van der Waals surface area (Å²) in [7, 11) is 0. The monoisotopic (exact) mass is 322 g/mol. The predicted molar refractivity (Wildman–Crippen MR) is 61.8 cm³/mol. The van der Waals surface area contributed by atoms with Gasteiger partial charge in [-0.05, 0) is 28.8 Å². The lowest BCUT2D eigenvalue weighted by Crippen LogP contribution is -2.35. The highest BCUT2D eigenvalue weighted by molar-refractivity contribution is 9.10. The number of halogens is 4. The molecule has 6 heteroatoms. The fraction of sp³-hybridized carbons (Fsp3) is 0.417. The van der Waals surface area contributed by atoms with E-state index in [1.165, 1.54) is 0 Å². The fourth-order valence-electron chi connectivity index (χ4n) is 2.55. The van der Waals surface area contributed by atoms with Crippen molar-refractivity contribution in [3.05, 3.63) is 33.6 Å². The molecule has 1 aromatic rings. The molecular formula is C12H10BrF3O2. The molecule has 18 heavy (non-hydrogen) atoms. The van der Waals surface area contributed by atoms with Gasteiger partial charge in [0.05, 0.1) is 9.89 Å². The van der Waals surface area contributed by atoms with Gasteiger partial charge in [-0.2, -0.15) is 0 Å². The number of carboxylic acid groups (broad SMARTS) is 1. The summed E-state index contributed by atoms with van der Waals surface area (Å²) in [5, 5.41) is 9.28.